The number of anilines is 1. The van der Waals surface area contributed by atoms with Crippen LogP contribution in [0.25, 0.3) is 31.8 Å². The van der Waals surface area contributed by atoms with Crippen LogP contribution >= 0.6 is 11.3 Å². The smallest absolute Gasteiger partial charge is 0.270 e. The van der Waals surface area contributed by atoms with Gasteiger partial charge in [0, 0.05) is 33.0 Å². The lowest BCUT2D eigenvalue weighted by atomic mass is 10.3. The lowest BCUT2D eigenvalue weighted by Gasteiger charge is -2.20. The number of aromatic amines is 1. The number of carbonyl (C=O) groups excluding carboxylic acids is 1. The summed E-state index contributed by atoms with van der Waals surface area (Å²) in [4.78, 5) is 25.2. The van der Waals surface area contributed by atoms with Gasteiger partial charge in [-0.25, -0.2) is 9.97 Å². The Hall–Kier alpha value is -3.66. The van der Waals surface area contributed by atoms with E-state index in [4.69, 9.17) is 10.7 Å². The van der Waals surface area contributed by atoms with Crippen molar-refractivity contribution in [1.29, 1.82) is 0 Å². The zero-order chi connectivity index (χ0) is 21.7. The number of pyridine rings is 1. The van der Waals surface area contributed by atoms with E-state index in [1.807, 2.05) is 60.6 Å². The van der Waals surface area contributed by atoms with E-state index in [0.717, 1.165) is 32.1 Å². The van der Waals surface area contributed by atoms with E-state index in [2.05, 4.69) is 15.2 Å². The van der Waals surface area contributed by atoms with Crippen molar-refractivity contribution in [1.82, 2.24) is 34.2 Å². The van der Waals surface area contributed by atoms with Crippen LogP contribution in [0.5, 0.6) is 0 Å². The second kappa shape index (κ2) is 7.24. The van der Waals surface area contributed by atoms with Crippen LogP contribution in [0.3, 0.4) is 0 Å². The molecule has 0 atom stereocenters. The Labute approximate surface area is 182 Å². The number of aryl methyl sites for hydroxylation is 2. The zero-order valence-corrected chi connectivity index (χ0v) is 18.3. The highest BCUT2D eigenvalue weighted by molar-refractivity contribution is 7.23. The minimum Gasteiger partial charge on any atom is -0.382 e. The van der Waals surface area contributed by atoms with Crippen molar-refractivity contribution >= 4 is 44.3 Å². The first-order valence-corrected chi connectivity index (χ1v) is 10.7. The minimum absolute atomic E-state index is 0.0315. The third-order valence-corrected chi connectivity index (χ3v) is 6.69. The van der Waals surface area contributed by atoms with Crippen molar-refractivity contribution < 1.29 is 4.79 Å². The molecule has 0 saturated heterocycles. The van der Waals surface area contributed by atoms with Gasteiger partial charge >= 0.3 is 0 Å². The largest absolute Gasteiger partial charge is 0.382 e. The highest BCUT2D eigenvalue weighted by Gasteiger charge is 2.22. The molecule has 0 radical (unpaired) electrons. The first kappa shape index (κ1) is 19.3. The molecule has 5 rings (SSSR count). The van der Waals surface area contributed by atoms with Gasteiger partial charge in [-0.3, -0.25) is 9.89 Å². The fourth-order valence-electron chi connectivity index (χ4n) is 3.81. The molecule has 1 amide bonds. The van der Waals surface area contributed by atoms with Crippen LogP contribution in [-0.2, 0) is 20.6 Å². The number of nitrogen functional groups attached to an aromatic ring is 1. The number of hydrogen-bond donors (Lipinski definition) is 2. The summed E-state index contributed by atoms with van der Waals surface area (Å²) in [6.07, 6.45) is 3.59. The van der Waals surface area contributed by atoms with Gasteiger partial charge in [-0.05, 0) is 31.2 Å². The summed E-state index contributed by atoms with van der Waals surface area (Å²) in [5, 5.41) is 7.03. The van der Waals surface area contributed by atoms with Crippen LogP contribution in [0.4, 0.5) is 5.82 Å². The summed E-state index contributed by atoms with van der Waals surface area (Å²) in [5.74, 6) is 1.11. The van der Waals surface area contributed by atoms with Gasteiger partial charge in [0.15, 0.2) is 5.82 Å². The highest BCUT2D eigenvalue weighted by atomic mass is 32.1. The lowest BCUT2D eigenvalue weighted by molar-refractivity contribution is 0.0738. The molecular formula is C21H22N8OS. The van der Waals surface area contributed by atoms with Crippen LogP contribution < -0.4 is 5.73 Å². The van der Waals surface area contributed by atoms with Crippen molar-refractivity contribution in [2.24, 2.45) is 14.1 Å². The van der Waals surface area contributed by atoms with Crippen LogP contribution in [0.2, 0.25) is 0 Å². The average Bonchev–Trinajstić information content (AvgIpc) is 3.52. The number of hydrogen-bond acceptors (Lipinski definition) is 6. The summed E-state index contributed by atoms with van der Waals surface area (Å²) in [5.41, 5.74) is 10.2. The van der Waals surface area contributed by atoms with Crippen LogP contribution in [0.1, 0.15) is 23.2 Å². The average molecular weight is 435 g/mol. The van der Waals surface area contributed by atoms with Gasteiger partial charge in [0.25, 0.3) is 5.91 Å². The summed E-state index contributed by atoms with van der Waals surface area (Å²) in [6, 6.07) is 7.63. The second-order valence-corrected chi connectivity index (χ2v) is 8.45. The Bertz CT molecular complexity index is 1410. The minimum atomic E-state index is -0.0315. The summed E-state index contributed by atoms with van der Waals surface area (Å²) >= 11 is 1.62. The maximum absolute atomic E-state index is 13.0. The Morgan fingerprint density at radius 2 is 2.13 bits per heavy atom. The second-order valence-electron chi connectivity index (χ2n) is 7.40. The number of rotatable bonds is 5. The summed E-state index contributed by atoms with van der Waals surface area (Å²) < 4.78 is 4.85. The van der Waals surface area contributed by atoms with Crippen molar-refractivity contribution in [2.45, 2.75) is 13.5 Å². The van der Waals surface area contributed by atoms with Gasteiger partial charge in [0.1, 0.15) is 17.0 Å². The number of thiophene rings is 1. The molecule has 0 bridgehead atoms. The first-order valence-electron chi connectivity index (χ1n) is 9.92. The Kier molecular flexibility index (Phi) is 4.51. The van der Waals surface area contributed by atoms with E-state index in [-0.39, 0.29) is 5.91 Å². The number of H-pyrrole nitrogens is 1. The highest BCUT2D eigenvalue weighted by Crippen LogP contribution is 2.37. The van der Waals surface area contributed by atoms with E-state index in [9.17, 15) is 4.79 Å². The van der Waals surface area contributed by atoms with Gasteiger partial charge < -0.3 is 19.8 Å². The molecule has 158 valence electrons. The molecule has 0 spiro atoms. The molecule has 0 fully saturated rings. The number of nitrogens with one attached hydrogen (secondary N) is 1. The monoisotopic (exact) mass is 434 g/mol. The quantitative estimate of drug-likeness (QED) is 0.441. The van der Waals surface area contributed by atoms with E-state index in [1.165, 1.54) is 0 Å². The normalized spacial score (nSPS) is 11.6. The number of fused-ring (bicyclic) bond motifs is 3. The molecule has 0 aliphatic rings. The molecular weight excluding hydrogens is 412 g/mol. The van der Waals surface area contributed by atoms with Gasteiger partial charge in [-0.2, -0.15) is 5.10 Å². The Morgan fingerprint density at radius 1 is 1.29 bits per heavy atom. The number of nitrogens with zero attached hydrogens (tertiary/aromatic N) is 6. The third kappa shape index (κ3) is 3.07. The van der Waals surface area contributed by atoms with Gasteiger partial charge in [0.05, 0.1) is 32.8 Å². The predicted octanol–water partition coefficient (Wildman–Crippen LogP) is 3.16. The van der Waals surface area contributed by atoms with E-state index in [1.54, 1.807) is 22.4 Å². The number of carbonyl (C=O) groups is 1. The Balaban J connectivity index is 1.59. The molecule has 0 aliphatic heterocycles. The third-order valence-electron chi connectivity index (χ3n) is 5.53. The molecule has 0 aromatic carbocycles. The van der Waals surface area contributed by atoms with E-state index in [0.29, 0.717) is 30.1 Å². The fourth-order valence-corrected chi connectivity index (χ4v) is 4.96. The number of aromatic nitrogens is 6. The predicted molar refractivity (Wildman–Crippen MR) is 122 cm³/mol. The van der Waals surface area contributed by atoms with Crippen molar-refractivity contribution in [2.75, 3.05) is 12.3 Å². The van der Waals surface area contributed by atoms with Crippen molar-refractivity contribution in [3.8, 4) is 10.6 Å². The lowest BCUT2D eigenvalue weighted by Crippen LogP contribution is -2.32. The van der Waals surface area contributed by atoms with Crippen molar-refractivity contribution in [3.63, 3.8) is 0 Å². The molecule has 5 aromatic rings. The Morgan fingerprint density at radius 3 is 2.81 bits per heavy atom. The molecule has 0 aliphatic carbocycles. The van der Waals surface area contributed by atoms with Crippen molar-refractivity contribution in [3.05, 3.63) is 48.2 Å². The summed E-state index contributed by atoms with van der Waals surface area (Å²) in [7, 11) is 3.83. The number of nitrogens with two attached hydrogens (primary N) is 1. The van der Waals surface area contributed by atoms with Crippen LogP contribution in [0, 0.1) is 0 Å². The summed E-state index contributed by atoms with van der Waals surface area (Å²) in [6.45, 7) is 2.91. The molecule has 5 heterocycles. The molecule has 9 nitrogen and oxygen atoms in total. The fraction of sp³-hybridized carbons (Fsp3) is 0.238. The standard InChI is InChI=1S/C21H22N8OS/c1-4-29(21(30)14-6-5-9-27(14)2)11-16-25-17-18(28(16)3)19-13(24-20(17)22)10-15(31-19)12-7-8-23-26-12/h5-10H,4,11H2,1-3H3,(H2,22,24)(H,23,26). The first-order chi connectivity index (χ1) is 15.0. The topological polar surface area (TPSA) is 111 Å². The number of imidazole rings is 1. The maximum Gasteiger partial charge on any atom is 0.270 e. The molecule has 3 N–H and O–H groups in total. The van der Waals surface area contributed by atoms with Gasteiger partial charge in [-0.15, -0.1) is 11.3 Å². The van der Waals surface area contributed by atoms with Gasteiger partial charge in [-0.1, -0.05) is 0 Å². The zero-order valence-electron chi connectivity index (χ0n) is 17.5. The number of amides is 1. The van der Waals surface area contributed by atoms with E-state index >= 15 is 0 Å². The molecule has 10 heteroatoms. The maximum atomic E-state index is 13.0. The molecule has 0 saturated carbocycles. The van der Waals surface area contributed by atoms with Gasteiger partial charge in [0.2, 0.25) is 0 Å². The molecule has 31 heavy (non-hydrogen) atoms. The van der Waals surface area contributed by atoms with Crippen LogP contribution in [-0.4, -0.2) is 46.7 Å². The van der Waals surface area contributed by atoms with E-state index < -0.39 is 0 Å². The molecule has 5 aromatic heterocycles. The SMILES string of the molecule is CCN(Cc1nc2c(N)nc3cc(-c4ccn[nH]4)sc3c2n1C)C(=O)c1cccn1C. The molecule has 0 unspecified atom stereocenters. The van der Waals surface area contributed by atoms with Crippen LogP contribution in [0.15, 0.2) is 36.7 Å².